The third kappa shape index (κ3) is 5.20. The van der Waals surface area contributed by atoms with Crippen LogP contribution in [0, 0.1) is 5.82 Å². The highest BCUT2D eigenvalue weighted by molar-refractivity contribution is 5.94. The predicted octanol–water partition coefficient (Wildman–Crippen LogP) is 1.39. The van der Waals surface area contributed by atoms with E-state index in [2.05, 4.69) is 4.98 Å². The van der Waals surface area contributed by atoms with Gasteiger partial charge in [0.05, 0.1) is 32.2 Å². The number of carbonyl (C=O) groups excluding carboxylic acids is 2. The number of ether oxygens (including phenoxy) is 3. The van der Waals surface area contributed by atoms with Crippen molar-refractivity contribution in [1.29, 1.82) is 0 Å². The molecule has 1 saturated heterocycles. The van der Waals surface area contributed by atoms with Crippen LogP contribution in [0.5, 0.6) is 11.6 Å². The number of hydrogen-bond acceptors (Lipinski definition) is 6. The van der Waals surface area contributed by atoms with E-state index in [4.69, 9.17) is 19.9 Å². The van der Waals surface area contributed by atoms with Gasteiger partial charge in [0.25, 0.3) is 5.91 Å². The van der Waals surface area contributed by atoms with Crippen molar-refractivity contribution in [2.75, 3.05) is 33.4 Å². The van der Waals surface area contributed by atoms with Crippen molar-refractivity contribution in [3.8, 4) is 11.6 Å². The summed E-state index contributed by atoms with van der Waals surface area (Å²) >= 11 is 0. The quantitative estimate of drug-likeness (QED) is 0.749. The number of primary amides is 1. The summed E-state index contributed by atoms with van der Waals surface area (Å²) in [4.78, 5) is 30.2. The SMILES string of the molecule is COc1ccc(C(=O)N2CCOC(COc3ccc(F)cc3)(CC(N)=O)C2)cn1. The van der Waals surface area contributed by atoms with Crippen LogP contribution in [0.25, 0.3) is 0 Å². The Morgan fingerprint density at radius 3 is 2.66 bits per heavy atom. The van der Waals surface area contributed by atoms with E-state index < -0.39 is 11.5 Å². The summed E-state index contributed by atoms with van der Waals surface area (Å²) in [7, 11) is 1.49. The van der Waals surface area contributed by atoms with Crippen molar-refractivity contribution in [2.45, 2.75) is 12.0 Å². The maximum absolute atomic E-state index is 13.1. The normalized spacial score (nSPS) is 18.9. The maximum Gasteiger partial charge on any atom is 0.255 e. The molecule has 1 fully saturated rings. The molecule has 1 aromatic carbocycles. The smallest absolute Gasteiger partial charge is 0.255 e. The zero-order chi connectivity index (χ0) is 20.9. The van der Waals surface area contributed by atoms with Gasteiger partial charge in [0, 0.05) is 18.8 Å². The van der Waals surface area contributed by atoms with Crippen LogP contribution in [0.3, 0.4) is 0 Å². The van der Waals surface area contributed by atoms with E-state index in [1.807, 2.05) is 0 Å². The molecule has 1 aliphatic heterocycles. The molecule has 0 aliphatic carbocycles. The van der Waals surface area contributed by atoms with Crippen molar-refractivity contribution in [3.63, 3.8) is 0 Å². The van der Waals surface area contributed by atoms with Crippen LogP contribution in [0.15, 0.2) is 42.6 Å². The number of rotatable bonds is 7. The maximum atomic E-state index is 13.1. The lowest BCUT2D eigenvalue weighted by molar-refractivity contribution is -0.142. The van der Waals surface area contributed by atoms with Gasteiger partial charge >= 0.3 is 0 Å². The predicted molar refractivity (Wildman–Crippen MR) is 101 cm³/mol. The van der Waals surface area contributed by atoms with Gasteiger partial charge in [0.15, 0.2) is 0 Å². The molecule has 2 aromatic rings. The highest BCUT2D eigenvalue weighted by Gasteiger charge is 2.41. The number of carbonyl (C=O) groups is 2. The number of pyridine rings is 1. The van der Waals surface area contributed by atoms with Gasteiger partial charge in [0.1, 0.15) is 23.8 Å². The van der Waals surface area contributed by atoms with Gasteiger partial charge in [-0.2, -0.15) is 0 Å². The van der Waals surface area contributed by atoms with E-state index >= 15 is 0 Å². The number of aromatic nitrogens is 1. The molecular weight excluding hydrogens is 381 g/mol. The Morgan fingerprint density at radius 1 is 1.28 bits per heavy atom. The summed E-state index contributed by atoms with van der Waals surface area (Å²) in [5, 5.41) is 0. The Labute approximate surface area is 167 Å². The molecule has 1 unspecified atom stereocenters. The molecule has 2 heterocycles. The largest absolute Gasteiger partial charge is 0.490 e. The molecule has 2 amide bonds. The van der Waals surface area contributed by atoms with Crippen molar-refractivity contribution >= 4 is 11.8 Å². The van der Waals surface area contributed by atoms with E-state index in [-0.39, 0.29) is 37.9 Å². The summed E-state index contributed by atoms with van der Waals surface area (Å²) < 4.78 is 29.6. The second kappa shape index (κ2) is 8.87. The summed E-state index contributed by atoms with van der Waals surface area (Å²) in [5.41, 5.74) is 4.70. The molecule has 1 aliphatic rings. The van der Waals surface area contributed by atoms with Crippen molar-refractivity contribution < 1.29 is 28.2 Å². The van der Waals surface area contributed by atoms with Crippen LogP contribution in [-0.4, -0.2) is 60.7 Å². The minimum atomic E-state index is -1.10. The van der Waals surface area contributed by atoms with Gasteiger partial charge in [-0.1, -0.05) is 0 Å². The number of halogens is 1. The number of nitrogens with two attached hydrogens (primary N) is 1. The summed E-state index contributed by atoms with van der Waals surface area (Å²) in [6, 6.07) is 8.70. The van der Waals surface area contributed by atoms with E-state index in [0.29, 0.717) is 23.7 Å². The van der Waals surface area contributed by atoms with E-state index in [1.54, 1.807) is 17.0 Å². The minimum Gasteiger partial charge on any atom is -0.490 e. The number of nitrogens with zero attached hydrogens (tertiary/aromatic N) is 2. The topological polar surface area (TPSA) is 104 Å². The van der Waals surface area contributed by atoms with Crippen LogP contribution in [0.4, 0.5) is 4.39 Å². The second-order valence-corrected chi connectivity index (χ2v) is 6.73. The van der Waals surface area contributed by atoms with Gasteiger partial charge in [-0.3, -0.25) is 9.59 Å². The van der Waals surface area contributed by atoms with E-state index in [9.17, 15) is 14.0 Å². The number of hydrogen-bond donors (Lipinski definition) is 1. The molecule has 2 N–H and O–H groups in total. The third-order valence-electron chi connectivity index (χ3n) is 4.54. The Morgan fingerprint density at radius 2 is 2.03 bits per heavy atom. The average Bonchev–Trinajstić information content (AvgIpc) is 2.72. The first-order chi connectivity index (χ1) is 13.9. The lowest BCUT2D eigenvalue weighted by atomic mass is 9.97. The van der Waals surface area contributed by atoms with Crippen LogP contribution in [0.2, 0.25) is 0 Å². The fourth-order valence-electron chi connectivity index (χ4n) is 3.14. The van der Waals surface area contributed by atoms with Gasteiger partial charge in [-0.15, -0.1) is 0 Å². The first-order valence-corrected chi connectivity index (χ1v) is 9.01. The number of methoxy groups -OCH3 is 1. The van der Waals surface area contributed by atoms with Gasteiger partial charge in [0.2, 0.25) is 11.8 Å². The van der Waals surface area contributed by atoms with Crippen LogP contribution < -0.4 is 15.2 Å². The zero-order valence-corrected chi connectivity index (χ0v) is 16.0. The monoisotopic (exact) mass is 403 g/mol. The highest BCUT2D eigenvalue weighted by atomic mass is 19.1. The van der Waals surface area contributed by atoms with Gasteiger partial charge in [-0.25, -0.2) is 9.37 Å². The fraction of sp³-hybridized carbons (Fsp3) is 0.350. The second-order valence-electron chi connectivity index (χ2n) is 6.73. The van der Waals surface area contributed by atoms with Crippen LogP contribution >= 0.6 is 0 Å². The first-order valence-electron chi connectivity index (χ1n) is 9.01. The summed E-state index contributed by atoms with van der Waals surface area (Å²) in [6.45, 7) is 0.658. The Hall–Kier alpha value is -3.20. The molecule has 3 rings (SSSR count). The molecule has 0 saturated carbocycles. The molecule has 0 bridgehead atoms. The van der Waals surface area contributed by atoms with Crippen molar-refractivity contribution in [3.05, 3.63) is 54.0 Å². The minimum absolute atomic E-state index is 0.0216. The molecule has 1 atom stereocenters. The molecule has 29 heavy (non-hydrogen) atoms. The standard InChI is InChI=1S/C20H22FN3O5/c1-27-18-7-2-14(11-23-18)19(26)24-8-9-29-20(12-24,10-17(22)25)13-28-16-5-3-15(21)4-6-16/h2-7,11H,8-10,12-13H2,1H3,(H2,22,25). The number of morpholine rings is 1. The summed E-state index contributed by atoms with van der Waals surface area (Å²) in [5.74, 6) is -0.392. The molecule has 1 aromatic heterocycles. The van der Waals surface area contributed by atoms with Crippen molar-refractivity contribution in [1.82, 2.24) is 9.88 Å². The average molecular weight is 403 g/mol. The Bertz CT molecular complexity index is 859. The molecule has 9 heteroatoms. The Balaban J connectivity index is 1.74. The van der Waals surface area contributed by atoms with E-state index in [0.717, 1.165) is 0 Å². The zero-order valence-electron chi connectivity index (χ0n) is 16.0. The van der Waals surface area contributed by atoms with E-state index in [1.165, 1.54) is 37.6 Å². The van der Waals surface area contributed by atoms with Crippen molar-refractivity contribution in [2.24, 2.45) is 5.73 Å². The lowest BCUT2D eigenvalue weighted by Crippen LogP contribution is -2.58. The molecule has 0 radical (unpaired) electrons. The highest BCUT2D eigenvalue weighted by Crippen LogP contribution is 2.25. The Kier molecular flexibility index (Phi) is 6.28. The third-order valence-corrected chi connectivity index (χ3v) is 4.54. The first kappa shape index (κ1) is 20.5. The van der Waals surface area contributed by atoms with Crippen LogP contribution in [-0.2, 0) is 9.53 Å². The molecule has 8 nitrogen and oxygen atoms in total. The molecule has 154 valence electrons. The summed E-state index contributed by atoms with van der Waals surface area (Å²) in [6.07, 6.45) is 1.31. The number of benzene rings is 1. The fourth-order valence-corrected chi connectivity index (χ4v) is 3.14. The number of amides is 2. The lowest BCUT2D eigenvalue weighted by Gasteiger charge is -2.41. The van der Waals surface area contributed by atoms with Gasteiger partial charge < -0.3 is 24.8 Å². The molecule has 0 spiro atoms. The van der Waals surface area contributed by atoms with Crippen LogP contribution in [0.1, 0.15) is 16.8 Å². The molecular formula is C20H22FN3O5. The van der Waals surface area contributed by atoms with Gasteiger partial charge in [-0.05, 0) is 30.3 Å².